The number of hydrogen-bond donors (Lipinski definition) is 3. The average molecular weight is 422 g/mol. The third-order valence-electron chi connectivity index (χ3n) is 5.71. The van der Waals surface area contributed by atoms with Gasteiger partial charge in [-0.1, -0.05) is 12.8 Å². The maximum absolute atomic E-state index is 13.1. The summed E-state index contributed by atoms with van der Waals surface area (Å²) in [6, 6.07) is 2.12. The monoisotopic (exact) mass is 421 g/mol. The molecule has 0 spiro atoms. The van der Waals surface area contributed by atoms with Crippen molar-refractivity contribution >= 4 is 29.9 Å². The highest BCUT2D eigenvalue weighted by molar-refractivity contribution is 5.96. The number of anilines is 1. The van der Waals surface area contributed by atoms with Gasteiger partial charge in [0.15, 0.2) is 0 Å². The largest absolute Gasteiger partial charge is 0.352 e. The molecule has 0 aromatic carbocycles. The fourth-order valence-electron chi connectivity index (χ4n) is 4.18. The molecule has 1 aliphatic heterocycles. The van der Waals surface area contributed by atoms with Crippen LogP contribution in [0.15, 0.2) is 30.9 Å². The van der Waals surface area contributed by atoms with E-state index in [2.05, 4.69) is 26.1 Å². The van der Waals surface area contributed by atoms with Gasteiger partial charge >= 0.3 is 0 Å². The lowest BCUT2D eigenvalue weighted by atomic mass is 9.87. The van der Waals surface area contributed by atoms with Crippen molar-refractivity contribution in [3.8, 4) is 0 Å². The Morgan fingerprint density at radius 2 is 1.97 bits per heavy atom. The molecule has 4 rings (SSSR count). The van der Waals surface area contributed by atoms with Crippen LogP contribution in [0, 0.1) is 0 Å². The average Bonchev–Trinajstić information content (AvgIpc) is 3.45. The van der Waals surface area contributed by atoms with E-state index < -0.39 is 5.54 Å². The number of hydrogen-bond acceptors (Lipinski definition) is 5. The number of nitrogens with one attached hydrogen (secondary N) is 3. The molecule has 0 bridgehead atoms. The van der Waals surface area contributed by atoms with Gasteiger partial charge in [0.25, 0.3) is 5.91 Å². The molecule has 2 aliphatic rings. The molecule has 158 valence electrons. The van der Waals surface area contributed by atoms with E-state index in [9.17, 15) is 9.59 Å². The number of halogens is 1. The minimum Gasteiger partial charge on any atom is -0.352 e. The first kappa shape index (κ1) is 21.3. The Morgan fingerprint density at radius 3 is 2.66 bits per heavy atom. The van der Waals surface area contributed by atoms with Gasteiger partial charge in [-0.25, -0.2) is 0 Å². The molecule has 1 aliphatic carbocycles. The zero-order valence-electron chi connectivity index (χ0n) is 16.3. The van der Waals surface area contributed by atoms with Gasteiger partial charge in [0.1, 0.15) is 12.1 Å². The first-order chi connectivity index (χ1) is 13.7. The van der Waals surface area contributed by atoms with Gasteiger partial charge in [0, 0.05) is 24.6 Å². The Kier molecular flexibility index (Phi) is 6.92. The Bertz CT molecular complexity index is 808. The molecule has 0 atom stereocenters. The normalized spacial score (nSPS) is 18.8. The summed E-state index contributed by atoms with van der Waals surface area (Å²) in [7, 11) is 0. The van der Waals surface area contributed by atoms with Gasteiger partial charge in [-0.2, -0.15) is 10.2 Å². The summed E-state index contributed by atoms with van der Waals surface area (Å²) in [4.78, 5) is 25.3. The van der Waals surface area contributed by atoms with Crippen molar-refractivity contribution in [2.45, 2.75) is 56.7 Å². The Hall–Kier alpha value is -2.39. The highest BCUT2D eigenvalue weighted by Crippen LogP contribution is 2.28. The van der Waals surface area contributed by atoms with Gasteiger partial charge in [0.05, 0.1) is 11.9 Å². The highest BCUT2D eigenvalue weighted by Gasteiger charge is 2.42. The standard InChI is InChI=1S/C19H27N7O2.ClH/c27-17(23-15-4-1-2-5-15)14-25-13-16(12-22-25)24-18(28)19(6-9-20-10-7-19)26-11-3-8-21-26;/h3,8,11-13,15,20H,1-2,4-7,9-10,14H2,(H,23,27)(H,24,28);1H. The topological polar surface area (TPSA) is 106 Å². The Balaban J connectivity index is 0.00000240. The van der Waals surface area contributed by atoms with Crippen LogP contribution in [-0.2, 0) is 21.7 Å². The minimum atomic E-state index is -0.712. The van der Waals surface area contributed by atoms with Crippen molar-refractivity contribution in [1.29, 1.82) is 0 Å². The van der Waals surface area contributed by atoms with Crippen LogP contribution in [0.25, 0.3) is 0 Å². The molecule has 3 heterocycles. The zero-order chi connectivity index (χ0) is 19.4. The van der Waals surface area contributed by atoms with Gasteiger partial charge in [0.2, 0.25) is 5.91 Å². The van der Waals surface area contributed by atoms with Crippen molar-refractivity contribution < 1.29 is 9.59 Å². The summed E-state index contributed by atoms with van der Waals surface area (Å²) in [6.07, 6.45) is 12.6. The third-order valence-corrected chi connectivity index (χ3v) is 5.71. The van der Waals surface area contributed by atoms with Crippen molar-refractivity contribution in [3.63, 3.8) is 0 Å². The number of carbonyl (C=O) groups is 2. The van der Waals surface area contributed by atoms with E-state index in [4.69, 9.17) is 0 Å². The van der Waals surface area contributed by atoms with Gasteiger partial charge in [-0.05, 0) is 44.8 Å². The fraction of sp³-hybridized carbons (Fsp3) is 0.579. The highest BCUT2D eigenvalue weighted by atomic mass is 35.5. The van der Waals surface area contributed by atoms with Crippen LogP contribution in [0.1, 0.15) is 38.5 Å². The molecule has 10 heteroatoms. The van der Waals surface area contributed by atoms with Crippen molar-refractivity contribution in [3.05, 3.63) is 30.9 Å². The summed E-state index contributed by atoms with van der Waals surface area (Å²) < 4.78 is 3.31. The lowest BCUT2D eigenvalue weighted by Crippen LogP contribution is -2.52. The number of aromatic nitrogens is 4. The van der Waals surface area contributed by atoms with E-state index in [1.165, 1.54) is 12.8 Å². The van der Waals surface area contributed by atoms with Crippen LogP contribution < -0.4 is 16.0 Å². The zero-order valence-corrected chi connectivity index (χ0v) is 17.2. The van der Waals surface area contributed by atoms with E-state index >= 15 is 0 Å². The quantitative estimate of drug-likeness (QED) is 0.651. The van der Waals surface area contributed by atoms with Crippen LogP contribution in [0.4, 0.5) is 5.69 Å². The van der Waals surface area contributed by atoms with E-state index in [0.717, 1.165) is 25.9 Å². The number of amides is 2. The lowest BCUT2D eigenvalue weighted by Gasteiger charge is -2.36. The molecular weight excluding hydrogens is 394 g/mol. The summed E-state index contributed by atoms with van der Waals surface area (Å²) in [6.45, 7) is 1.67. The van der Waals surface area contributed by atoms with Gasteiger partial charge in [-0.15, -0.1) is 12.4 Å². The Morgan fingerprint density at radius 1 is 1.21 bits per heavy atom. The van der Waals surface area contributed by atoms with E-state index in [-0.39, 0.29) is 36.8 Å². The SMILES string of the molecule is Cl.O=C(Cn1cc(NC(=O)C2(n3cccn3)CCNCC2)cn1)NC1CCCC1. The summed E-state index contributed by atoms with van der Waals surface area (Å²) in [5, 5.41) is 17.8. The first-order valence-corrected chi connectivity index (χ1v) is 10.00. The number of nitrogens with zero attached hydrogens (tertiary/aromatic N) is 4. The third kappa shape index (κ3) is 4.79. The number of rotatable bonds is 6. The molecule has 3 N–H and O–H groups in total. The van der Waals surface area contributed by atoms with Crippen molar-refractivity contribution in [1.82, 2.24) is 30.2 Å². The van der Waals surface area contributed by atoms with Gasteiger partial charge < -0.3 is 16.0 Å². The van der Waals surface area contributed by atoms with Crippen LogP contribution in [0.5, 0.6) is 0 Å². The molecule has 0 unspecified atom stereocenters. The predicted molar refractivity (Wildman–Crippen MR) is 111 cm³/mol. The van der Waals surface area contributed by atoms with Gasteiger partial charge in [-0.3, -0.25) is 19.0 Å². The van der Waals surface area contributed by atoms with Crippen LogP contribution >= 0.6 is 12.4 Å². The molecule has 2 aromatic rings. The first-order valence-electron chi connectivity index (χ1n) is 10.00. The van der Waals surface area contributed by atoms with Crippen LogP contribution in [0.3, 0.4) is 0 Å². The number of carbonyl (C=O) groups excluding carboxylic acids is 2. The second-order valence-electron chi connectivity index (χ2n) is 7.66. The lowest BCUT2D eigenvalue weighted by molar-refractivity contribution is -0.126. The maximum atomic E-state index is 13.1. The minimum absolute atomic E-state index is 0. The van der Waals surface area contributed by atoms with E-state index in [1.807, 2.05) is 12.3 Å². The Labute approximate surface area is 176 Å². The van der Waals surface area contributed by atoms with E-state index in [0.29, 0.717) is 18.5 Å². The molecule has 2 amide bonds. The van der Waals surface area contributed by atoms with Crippen molar-refractivity contribution in [2.75, 3.05) is 18.4 Å². The molecule has 1 saturated carbocycles. The molecule has 2 fully saturated rings. The maximum Gasteiger partial charge on any atom is 0.252 e. The fourth-order valence-corrected chi connectivity index (χ4v) is 4.18. The molecule has 9 nitrogen and oxygen atoms in total. The second-order valence-corrected chi connectivity index (χ2v) is 7.66. The summed E-state index contributed by atoms with van der Waals surface area (Å²) >= 11 is 0. The summed E-state index contributed by atoms with van der Waals surface area (Å²) in [5.74, 6) is -0.146. The summed E-state index contributed by atoms with van der Waals surface area (Å²) in [5.41, 5.74) is -0.125. The smallest absolute Gasteiger partial charge is 0.252 e. The van der Waals surface area contributed by atoms with E-state index in [1.54, 1.807) is 28.0 Å². The molecule has 0 radical (unpaired) electrons. The molecule has 1 saturated heterocycles. The molecular formula is C19H28ClN7O2. The second kappa shape index (κ2) is 9.41. The number of piperidine rings is 1. The predicted octanol–water partition coefficient (Wildman–Crippen LogP) is 1.28. The van der Waals surface area contributed by atoms with Crippen molar-refractivity contribution in [2.24, 2.45) is 0 Å². The van der Waals surface area contributed by atoms with Crippen LogP contribution in [-0.4, -0.2) is 50.5 Å². The van der Waals surface area contributed by atoms with Crippen LogP contribution in [0.2, 0.25) is 0 Å². The molecule has 2 aromatic heterocycles. The molecule has 29 heavy (non-hydrogen) atoms.